The predicted molar refractivity (Wildman–Crippen MR) is 85.2 cm³/mol. The molecule has 0 aromatic heterocycles. The van der Waals surface area contributed by atoms with E-state index in [2.05, 4.69) is 19.1 Å². The molecule has 0 aliphatic rings. The van der Waals surface area contributed by atoms with Crippen LogP contribution in [0.5, 0.6) is 0 Å². The normalized spacial score (nSPS) is 11.0. The topological polar surface area (TPSA) is 52.0 Å². The molecule has 0 bridgehead atoms. The molecule has 4 N–H and O–H groups in total. The number of unbranched alkanes of at least 4 members (excludes halogenated alkanes) is 4. The molecule has 0 aliphatic heterocycles. The van der Waals surface area contributed by atoms with Gasteiger partial charge in [-0.3, -0.25) is 0 Å². The molecule has 0 saturated carbocycles. The lowest BCUT2D eigenvalue weighted by Crippen LogP contribution is -2.01. The summed E-state index contributed by atoms with van der Waals surface area (Å²) in [6.45, 7) is 2.24. The van der Waals surface area contributed by atoms with Crippen LogP contribution >= 0.6 is 0 Å². The van der Waals surface area contributed by atoms with Crippen molar-refractivity contribution in [2.45, 2.75) is 45.4 Å². The fraction of sp³-hybridized carbons (Fsp3) is 0.412. The Kier molecular flexibility index (Phi) is 4.67. The van der Waals surface area contributed by atoms with Crippen molar-refractivity contribution in [1.82, 2.24) is 0 Å². The summed E-state index contributed by atoms with van der Waals surface area (Å²) in [4.78, 5) is 0. The Labute approximate surface area is 115 Å². The van der Waals surface area contributed by atoms with Crippen LogP contribution in [0.25, 0.3) is 10.8 Å². The molecular formula is C17H24N2. The molecule has 0 unspecified atom stereocenters. The van der Waals surface area contributed by atoms with Crippen LogP contribution in [0.1, 0.15) is 44.6 Å². The molecule has 19 heavy (non-hydrogen) atoms. The average Bonchev–Trinajstić information content (AvgIpc) is 2.44. The molecule has 2 rings (SSSR count). The van der Waals surface area contributed by atoms with Gasteiger partial charge in [0.15, 0.2) is 0 Å². The molecule has 0 fully saturated rings. The van der Waals surface area contributed by atoms with E-state index in [4.69, 9.17) is 11.5 Å². The highest BCUT2D eigenvalue weighted by molar-refractivity contribution is 5.99. The first-order valence-electron chi connectivity index (χ1n) is 7.29. The van der Waals surface area contributed by atoms with Crippen molar-refractivity contribution < 1.29 is 0 Å². The molecule has 0 radical (unpaired) electrons. The zero-order chi connectivity index (χ0) is 13.7. The third-order valence-corrected chi connectivity index (χ3v) is 3.77. The smallest absolute Gasteiger partial charge is 0.0630 e. The zero-order valence-corrected chi connectivity index (χ0v) is 11.8. The quantitative estimate of drug-likeness (QED) is 0.590. The maximum absolute atomic E-state index is 6.16. The Balaban J connectivity index is 2.12. The number of hydrogen-bond acceptors (Lipinski definition) is 2. The van der Waals surface area contributed by atoms with E-state index in [-0.39, 0.29) is 0 Å². The van der Waals surface area contributed by atoms with Gasteiger partial charge in [0.1, 0.15) is 0 Å². The molecule has 0 heterocycles. The highest BCUT2D eigenvalue weighted by Crippen LogP contribution is 2.31. The minimum atomic E-state index is 0.738. The van der Waals surface area contributed by atoms with Crippen molar-refractivity contribution in [1.29, 1.82) is 0 Å². The SMILES string of the molecule is CCCCCCCc1cc2ccccc2c(N)c1N. The van der Waals surface area contributed by atoms with Crippen LogP contribution in [0, 0.1) is 0 Å². The van der Waals surface area contributed by atoms with Crippen molar-refractivity contribution in [2.24, 2.45) is 0 Å². The first-order valence-corrected chi connectivity index (χ1v) is 7.29. The number of rotatable bonds is 6. The van der Waals surface area contributed by atoms with E-state index in [9.17, 15) is 0 Å². The number of nitrogen functional groups attached to an aromatic ring is 2. The maximum Gasteiger partial charge on any atom is 0.0630 e. The van der Waals surface area contributed by atoms with Gasteiger partial charge in [0.25, 0.3) is 0 Å². The van der Waals surface area contributed by atoms with E-state index >= 15 is 0 Å². The number of benzene rings is 2. The van der Waals surface area contributed by atoms with Crippen LogP contribution in [0.2, 0.25) is 0 Å². The van der Waals surface area contributed by atoms with E-state index in [1.165, 1.54) is 43.1 Å². The summed E-state index contributed by atoms with van der Waals surface area (Å²) in [6, 6.07) is 10.4. The lowest BCUT2D eigenvalue weighted by Gasteiger charge is -2.12. The number of nitrogens with two attached hydrogens (primary N) is 2. The molecule has 102 valence electrons. The largest absolute Gasteiger partial charge is 0.397 e. The van der Waals surface area contributed by atoms with E-state index in [0.717, 1.165) is 23.2 Å². The van der Waals surface area contributed by atoms with Crippen molar-refractivity contribution in [3.05, 3.63) is 35.9 Å². The van der Waals surface area contributed by atoms with E-state index in [1.54, 1.807) is 0 Å². The third-order valence-electron chi connectivity index (χ3n) is 3.77. The summed E-state index contributed by atoms with van der Waals surface area (Å²) < 4.78 is 0. The minimum Gasteiger partial charge on any atom is -0.397 e. The Hall–Kier alpha value is -1.70. The summed E-state index contributed by atoms with van der Waals surface area (Å²) >= 11 is 0. The fourth-order valence-corrected chi connectivity index (χ4v) is 2.58. The second kappa shape index (κ2) is 6.46. The van der Waals surface area contributed by atoms with Crippen molar-refractivity contribution in [2.75, 3.05) is 11.5 Å². The van der Waals surface area contributed by atoms with Gasteiger partial charge in [-0.1, -0.05) is 56.9 Å². The Morgan fingerprint density at radius 2 is 1.63 bits per heavy atom. The summed E-state index contributed by atoms with van der Waals surface area (Å²) in [5.41, 5.74) is 15.0. The maximum atomic E-state index is 6.16. The molecule has 0 amide bonds. The number of anilines is 2. The molecule has 0 atom stereocenters. The third kappa shape index (κ3) is 3.19. The summed E-state index contributed by atoms with van der Waals surface area (Å²) in [5, 5.41) is 2.26. The Bertz CT molecular complexity index is 546. The first kappa shape index (κ1) is 13.7. The van der Waals surface area contributed by atoms with Gasteiger partial charge < -0.3 is 11.5 Å². The van der Waals surface area contributed by atoms with Crippen LogP contribution < -0.4 is 11.5 Å². The standard InChI is InChI=1S/C17H24N2/c1-2-3-4-5-6-10-14-12-13-9-7-8-11-15(13)17(19)16(14)18/h7-9,11-12H,2-6,10,18-19H2,1H3. The summed E-state index contributed by atoms with van der Waals surface area (Å²) in [5.74, 6) is 0. The van der Waals surface area contributed by atoms with Crippen LogP contribution in [-0.2, 0) is 6.42 Å². The van der Waals surface area contributed by atoms with Crippen molar-refractivity contribution in [3.8, 4) is 0 Å². The molecule has 2 aromatic carbocycles. The highest BCUT2D eigenvalue weighted by atomic mass is 14.7. The molecular weight excluding hydrogens is 232 g/mol. The second-order valence-electron chi connectivity index (χ2n) is 5.25. The lowest BCUT2D eigenvalue weighted by molar-refractivity contribution is 0.633. The molecule has 0 spiro atoms. The highest BCUT2D eigenvalue weighted by Gasteiger charge is 2.07. The van der Waals surface area contributed by atoms with Gasteiger partial charge in [-0.2, -0.15) is 0 Å². The van der Waals surface area contributed by atoms with Gasteiger partial charge in [0.05, 0.1) is 11.4 Å². The van der Waals surface area contributed by atoms with Gasteiger partial charge in [0.2, 0.25) is 0 Å². The summed E-state index contributed by atoms with van der Waals surface area (Å²) in [6.07, 6.45) is 7.44. The van der Waals surface area contributed by atoms with E-state index in [1.807, 2.05) is 18.2 Å². The molecule has 0 aliphatic carbocycles. The van der Waals surface area contributed by atoms with Gasteiger partial charge in [-0.25, -0.2) is 0 Å². The van der Waals surface area contributed by atoms with E-state index < -0.39 is 0 Å². The van der Waals surface area contributed by atoms with Gasteiger partial charge in [-0.15, -0.1) is 0 Å². The van der Waals surface area contributed by atoms with Gasteiger partial charge in [0, 0.05) is 5.39 Å². The van der Waals surface area contributed by atoms with Crippen molar-refractivity contribution >= 4 is 22.1 Å². The van der Waals surface area contributed by atoms with Gasteiger partial charge in [-0.05, 0) is 29.9 Å². The number of aryl methyl sites for hydroxylation is 1. The van der Waals surface area contributed by atoms with Gasteiger partial charge >= 0.3 is 0 Å². The van der Waals surface area contributed by atoms with Crippen LogP contribution in [0.4, 0.5) is 11.4 Å². The first-order chi connectivity index (χ1) is 9.24. The predicted octanol–water partition coefficient (Wildman–Crippen LogP) is 4.52. The van der Waals surface area contributed by atoms with Crippen molar-refractivity contribution in [3.63, 3.8) is 0 Å². The molecule has 2 nitrogen and oxygen atoms in total. The monoisotopic (exact) mass is 256 g/mol. The Morgan fingerprint density at radius 1 is 0.895 bits per heavy atom. The number of hydrogen-bond donors (Lipinski definition) is 2. The Morgan fingerprint density at radius 3 is 2.42 bits per heavy atom. The lowest BCUT2D eigenvalue weighted by atomic mass is 9.98. The molecule has 2 aromatic rings. The number of fused-ring (bicyclic) bond motifs is 1. The zero-order valence-electron chi connectivity index (χ0n) is 11.8. The van der Waals surface area contributed by atoms with Crippen LogP contribution in [0.15, 0.2) is 30.3 Å². The van der Waals surface area contributed by atoms with Crippen LogP contribution in [-0.4, -0.2) is 0 Å². The average molecular weight is 256 g/mol. The second-order valence-corrected chi connectivity index (χ2v) is 5.25. The van der Waals surface area contributed by atoms with E-state index in [0.29, 0.717) is 0 Å². The molecule has 2 heteroatoms. The van der Waals surface area contributed by atoms with Crippen LogP contribution in [0.3, 0.4) is 0 Å². The fourth-order valence-electron chi connectivity index (χ4n) is 2.58. The molecule has 0 saturated heterocycles. The minimum absolute atomic E-state index is 0.738. The summed E-state index contributed by atoms with van der Waals surface area (Å²) in [7, 11) is 0.